The van der Waals surface area contributed by atoms with E-state index < -0.39 is 0 Å². The van der Waals surface area contributed by atoms with Gasteiger partial charge in [0.2, 0.25) is 0 Å². The zero-order valence-corrected chi connectivity index (χ0v) is 13.8. The van der Waals surface area contributed by atoms with E-state index in [2.05, 4.69) is 33.0 Å². The van der Waals surface area contributed by atoms with E-state index >= 15 is 0 Å². The summed E-state index contributed by atoms with van der Waals surface area (Å²) in [5.74, 6) is 1.08. The van der Waals surface area contributed by atoms with Gasteiger partial charge in [-0.15, -0.1) is 10.2 Å². The highest BCUT2D eigenvalue weighted by atomic mass is 16.3. The highest BCUT2D eigenvalue weighted by Crippen LogP contribution is 2.06. The standard InChI is InChI=1S/C19H20N4O2/c24-19(21-14-16-9-5-13-25-16)17-10-11-18(23-22-17)20-12-4-8-15-6-2-1-3-7-15/h1-3,5-7,9-11,13H,4,8,12,14H2,(H,20,23)(H,21,24). The van der Waals surface area contributed by atoms with Gasteiger partial charge in [0.05, 0.1) is 12.8 Å². The van der Waals surface area contributed by atoms with Gasteiger partial charge in [-0.1, -0.05) is 30.3 Å². The second-order valence-electron chi connectivity index (χ2n) is 5.58. The van der Waals surface area contributed by atoms with Crippen molar-refractivity contribution >= 4 is 11.7 Å². The Balaban J connectivity index is 1.41. The van der Waals surface area contributed by atoms with Gasteiger partial charge in [-0.3, -0.25) is 4.79 Å². The predicted molar refractivity (Wildman–Crippen MR) is 95.2 cm³/mol. The lowest BCUT2D eigenvalue weighted by molar-refractivity contribution is 0.0942. The Labute approximate surface area is 146 Å². The number of rotatable bonds is 8. The zero-order chi connectivity index (χ0) is 17.3. The number of aromatic nitrogens is 2. The normalized spacial score (nSPS) is 10.4. The molecule has 0 saturated carbocycles. The summed E-state index contributed by atoms with van der Waals surface area (Å²) in [5, 5.41) is 14.0. The van der Waals surface area contributed by atoms with Crippen LogP contribution in [-0.2, 0) is 13.0 Å². The monoisotopic (exact) mass is 336 g/mol. The minimum atomic E-state index is -0.278. The molecule has 6 heteroatoms. The van der Waals surface area contributed by atoms with Gasteiger partial charge in [-0.05, 0) is 42.7 Å². The molecule has 2 heterocycles. The third kappa shape index (κ3) is 5.17. The van der Waals surface area contributed by atoms with Crippen LogP contribution in [-0.4, -0.2) is 22.6 Å². The van der Waals surface area contributed by atoms with Crippen LogP contribution in [0, 0.1) is 0 Å². The summed E-state index contributed by atoms with van der Waals surface area (Å²) < 4.78 is 5.16. The van der Waals surface area contributed by atoms with E-state index in [4.69, 9.17) is 4.42 Å². The summed E-state index contributed by atoms with van der Waals surface area (Å²) in [6, 6.07) is 17.3. The highest BCUT2D eigenvalue weighted by molar-refractivity contribution is 5.92. The summed E-state index contributed by atoms with van der Waals surface area (Å²) in [4.78, 5) is 12.0. The first-order chi connectivity index (χ1) is 12.3. The van der Waals surface area contributed by atoms with Crippen LogP contribution in [0.4, 0.5) is 5.82 Å². The number of hydrogen-bond donors (Lipinski definition) is 2. The summed E-state index contributed by atoms with van der Waals surface area (Å²) in [6.45, 7) is 1.13. The average molecular weight is 336 g/mol. The molecule has 6 nitrogen and oxygen atoms in total. The third-order valence-electron chi connectivity index (χ3n) is 3.69. The number of anilines is 1. The molecule has 2 aromatic heterocycles. The van der Waals surface area contributed by atoms with Crippen LogP contribution < -0.4 is 10.6 Å². The zero-order valence-electron chi connectivity index (χ0n) is 13.8. The molecule has 0 aliphatic carbocycles. The number of nitrogens with zero attached hydrogens (tertiary/aromatic N) is 2. The first-order valence-electron chi connectivity index (χ1n) is 8.23. The van der Waals surface area contributed by atoms with Crippen molar-refractivity contribution in [1.82, 2.24) is 15.5 Å². The number of hydrogen-bond acceptors (Lipinski definition) is 5. The Morgan fingerprint density at radius 1 is 1.00 bits per heavy atom. The lowest BCUT2D eigenvalue weighted by Crippen LogP contribution is -2.24. The Morgan fingerprint density at radius 3 is 2.60 bits per heavy atom. The molecule has 1 aromatic carbocycles. The molecule has 3 rings (SSSR count). The van der Waals surface area contributed by atoms with Crippen molar-refractivity contribution < 1.29 is 9.21 Å². The topological polar surface area (TPSA) is 80.0 Å². The maximum Gasteiger partial charge on any atom is 0.272 e. The molecule has 0 aliphatic heterocycles. The van der Waals surface area contributed by atoms with E-state index in [1.807, 2.05) is 18.2 Å². The second-order valence-corrected chi connectivity index (χ2v) is 5.58. The van der Waals surface area contributed by atoms with Crippen LogP contribution in [0.15, 0.2) is 65.3 Å². The number of amides is 1. The second kappa shape index (κ2) is 8.63. The predicted octanol–water partition coefficient (Wildman–Crippen LogP) is 3.04. The van der Waals surface area contributed by atoms with Crippen LogP contribution in [0.1, 0.15) is 28.2 Å². The minimum Gasteiger partial charge on any atom is -0.467 e. The van der Waals surface area contributed by atoms with Crippen molar-refractivity contribution in [2.75, 3.05) is 11.9 Å². The van der Waals surface area contributed by atoms with Crippen LogP contribution >= 0.6 is 0 Å². The van der Waals surface area contributed by atoms with E-state index in [1.165, 1.54) is 5.56 Å². The van der Waals surface area contributed by atoms with Gasteiger partial charge in [0.1, 0.15) is 11.6 Å². The number of aryl methyl sites for hydroxylation is 1. The molecule has 0 spiro atoms. The minimum absolute atomic E-state index is 0.278. The largest absolute Gasteiger partial charge is 0.467 e. The van der Waals surface area contributed by atoms with Gasteiger partial charge in [0.15, 0.2) is 5.69 Å². The maximum absolute atomic E-state index is 12.0. The summed E-state index contributed by atoms with van der Waals surface area (Å²) in [6.07, 6.45) is 3.57. The Kier molecular flexibility index (Phi) is 5.77. The van der Waals surface area contributed by atoms with Crippen molar-refractivity contribution in [1.29, 1.82) is 0 Å². The number of carbonyl (C=O) groups excluding carboxylic acids is 1. The molecule has 128 valence electrons. The van der Waals surface area contributed by atoms with Crippen LogP contribution in [0.5, 0.6) is 0 Å². The number of benzene rings is 1. The summed E-state index contributed by atoms with van der Waals surface area (Å²) >= 11 is 0. The molecule has 1 amide bonds. The molecule has 0 unspecified atom stereocenters. The van der Waals surface area contributed by atoms with Crippen molar-refractivity contribution in [3.8, 4) is 0 Å². The smallest absolute Gasteiger partial charge is 0.272 e. The molecule has 2 N–H and O–H groups in total. The fraction of sp³-hybridized carbons (Fsp3) is 0.211. The van der Waals surface area contributed by atoms with Crippen molar-refractivity contribution in [3.63, 3.8) is 0 Å². The summed E-state index contributed by atoms with van der Waals surface area (Å²) in [7, 11) is 0. The lowest BCUT2D eigenvalue weighted by atomic mass is 10.1. The first-order valence-corrected chi connectivity index (χ1v) is 8.23. The van der Waals surface area contributed by atoms with Crippen LogP contribution in [0.25, 0.3) is 0 Å². The molecular formula is C19H20N4O2. The number of furan rings is 1. The molecule has 25 heavy (non-hydrogen) atoms. The quantitative estimate of drug-likeness (QED) is 0.618. The summed E-state index contributed by atoms with van der Waals surface area (Å²) in [5.41, 5.74) is 1.60. The lowest BCUT2D eigenvalue weighted by Gasteiger charge is -2.06. The fourth-order valence-corrected chi connectivity index (χ4v) is 2.37. The fourth-order valence-electron chi connectivity index (χ4n) is 2.37. The molecular weight excluding hydrogens is 316 g/mol. The molecule has 0 saturated heterocycles. The van der Waals surface area contributed by atoms with Crippen molar-refractivity contribution in [2.45, 2.75) is 19.4 Å². The van der Waals surface area contributed by atoms with Crippen molar-refractivity contribution in [3.05, 3.63) is 77.9 Å². The molecule has 0 radical (unpaired) electrons. The van der Waals surface area contributed by atoms with Gasteiger partial charge in [0.25, 0.3) is 5.91 Å². The van der Waals surface area contributed by atoms with Gasteiger partial charge in [-0.2, -0.15) is 0 Å². The average Bonchev–Trinajstić information content (AvgIpc) is 3.18. The van der Waals surface area contributed by atoms with E-state index in [9.17, 15) is 4.79 Å². The Hall–Kier alpha value is -3.15. The Bertz CT molecular complexity index is 771. The number of carbonyl (C=O) groups is 1. The first kappa shape index (κ1) is 16.7. The van der Waals surface area contributed by atoms with E-state index in [-0.39, 0.29) is 11.6 Å². The van der Waals surface area contributed by atoms with Crippen molar-refractivity contribution in [2.24, 2.45) is 0 Å². The highest BCUT2D eigenvalue weighted by Gasteiger charge is 2.08. The molecule has 0 fully saturated rings. The van der Waals surface area contributed by atoms with Crippen LogP contribution in [0.3, 0.4) is 0 Å². The van der Waals surface area contributed by atoms with Gasteiger partial charge in [-0.25, -0.2) is 0 Å². The van der Waals surface area contributed by atoms with Gasteiger partial charge >= 0.3 is 0 Å². The molecule has 0 bridgehead atoms. The molecule has 0 atom stereocenters. The van der Waals surface area contributed by atoms with Gasteiger partial charge in [0, 0.05) is 6.54 Å². The maximum atomic E-state index is 12.0. The van der Waals surface area contributed by atoms with E-state index in [0.29, 0.717) is 18.1 Å². The van der Waals surface area contributed by atoms with E-state index in [1.54, 1.807) is 30.5 Å². The number of nitrogens with one attached hydrogen (secondary N) is 2. The molecule has 3 aromatic rings. The van der Waals surface area contributed by atoms with Gasteiger partial charge < -0.3 is 15.1 Å². The van der Waals surface area contributed by atoms with Crippen LogP contribution in [0.2, 0.25) is 0 Å². The molecule has 0 aliphatic rings. The SMILES string of the molecule is O=C(NCc1ccco1)c1ccc(NCCCc2ccccc2)nn1. The van der Waals surface area contributed by atoms with E-state index in [0.717, 1.165) is 19.4 Å². The Morgan fingerprint density at radius 2 is 1.88 bits per heavy atom. The third-order valence-corrected chi connectivity index (χ3v) is 3.69.